The van der Waals surface area contributed by atoms with Gasteiger partial charge in [0.25, 0.3) is 0 Å². The number of nitrogens with one attached hydrogen (secondary N) is 1. The second kappa shape index (κ2) is 5.69. The van der Waals surface area contributed by atoms with Gasteiger partial charge in [0.2, 0.25) is 0 Å². The zero-order chi connectivity index (χ0) is 16.6. The van der Waals surface area contributed by atoms with Gasteiger partial charge in [-0.3, -0.25) is 0 Å². The van der Waals surface area contributed by atoms with Gasteiger partial charge in [0.15, 0.2) is 0 Å². The van der Waals surface area contributed by atoms with Gasteiger partial charge in [0.1, 0.15) is 0 Å². The molecule has 1 aliphatic rings. The summed E-state index contributed by atoms with van der Waals surface area (Å²) in [6, 6.07) is 25.3. The maximum Gasteiger partial charge on any atom is 0.0465 e. The Labute approximate surface area is 147 Å². The zero-order valence-electron chi connectivity index (χ0n) is 13.8. The van der Waals surface area contributed by atoms with Crippen LogP contribution < -0.4 is 0 Å². The van der Waals surface area contributed by atoms with Gasteiger partial charge in [-0.25, -0.2) is 0 Å². The Morgan fingerprint density at radius 1 is 0.760 bits per heavy atom. The van der Waals surface area contributed by atoms with Crippen molar-refractivity contribution in [2.45, 2.75) is 12.8 Å². The van der Waals surface area contributed by atoms with E-state index >= 15 is 0 Å². The van der Waals surface area contributed by atoms with Gasteiger partial charge < -0.3 is 4.98 Å². The summed E-state index contributed by atoms with van der Waals surface area (Å²) in [5, 5.41) is 2.54. The highest BCUT2D eigenvalue weighted by Gasteiger charge is 2.09. The molecule has 5 rings (SSSR count). The summed E-state index contributed by atoms with van der Waals surface area (Å²) >= 11 is 0. The van der Waals surface area contributed by atoms with Crippen molar-refractivity contribution >= 4 is 27.4 Å². The maximum absolute atomic E-state index is 3.54. The molecule has 0 amide bonds. The van der Waals surface area contributed by atoms with Crippen LogP contribution in [0.15, 0.2) is 72.8 Å². The van der Waals surface area contributed by atoms with Crippen LogP contribution in [-0.2, 0) is 0 Å². The lowest BCUT2D eigenvalue weighted by atomic mass is 9.97. The Hall–Kier alpha value is -3.24. The maximum atomic E-state index is 3.54. The van der Waals surface area contributed by atoms with Crippen LogP contribution in [0.1, 0.15) is 18.4 Å². The van der Waals surface area contributed by atoms with E-state index in [2.05, 4.69) is 77.8 Å². The molecule has 0 aliphatic heterocycles. The van der Waals surface area contributed by atoms with Gasteiger partial charge in [0.05, 0.1) is 0 Å². The third kappa shape index (κ3) is 2.44. The molecular weight excluding hydrogens is 302 g/mol. The lowest BCUT2D eigenvalue weighted by Gasteiger charge is -2.07. The molecule has 1 N–H and O–H groups in total. The summed E-state index contributed by atoms with van der Waals surface area (Å²) in [7, 11) is 0. The lowest BCUT2D eigenvalue weighted by Crippen LogP contribution is -1.85. The second-order valence-corrected chi connectivity index (χ2v) is 6.51. The normalized spacial score (nSPS) is 13.8. The first kappa shape index (κ1) is 14.1. The number of aromatic nitrogens is 1. The molecule has 0 saturated heterocycles. The first-order chi connectivity index (χ1) is 12.4. The van der Waals surface area contributed by atoms with Crippen LogP contribution in [0, 0.1) is 12.1 Å². The summed E-state index contributed by atoms with van der Waals surface area (Å²) < 4.78 is 0. The third-order valence-electron chi connectivity index (χ3n) is 4.92. The number of rotatable bonds is 2. The summed E-state index contributed by atoms with van der Waals surface area (Å²) in [5.41, 5.74) is 7.36. The van der Waals surface area contributed by atoms with E-state index in [9.17, 15) is 0 Å². The Morgan fingerprint density at radius 3 is 2.28 bits per heavy atom. The van der Waals surface area contributed by atoms with Crippen molar-refractivity contribution < 1.29 is 0 Å². The summed E-state index contributed by atoms with van der Waals surface area (Å²) in [6.45, 7) is 0. The fourth-order valence-corrected chi connectivity index (χ4v) is 3.61. The van der Waals surface area contributed by atoms with E-state index in [0.717, 1.165) is 12.8 Å². The molecule has 1 aromatic heterocycles. The van der Waals surface area contributed by atoms with Crippen LogP contribution in [0.2, 0.25) is 0 Å². The quantitative estimate of drug-likeness (QED) is 0.445. The molecule has 1 heterocycles. The van der Waals surface area contributed by atoms with Crippen LogP contribution in [0.4, 0.5) is 0 Å². The fourth-order valence-electron chi connectivity index (χ4n) is 3.61. The molecule has 0 radical (unpaired) electrons. The Balaban J connectivity index is 1.70. The number of hydrogen-bond acceptors (Lipinski definition) is 0. The van der Waals surface area contributed by atoms with Crippen LogP contribution in [0.3, 0.4) is 0 Å². The van der Waals surface area contributed by atoms with E-state index in [-0.39, 0.29) is 0 Å². The van der Waals surface area contributed by atoms with Crippen LogP contribution in [0.5, 0.6) is 0 Å². The van der Waals surface area contributed by atoms with Crippen molar-refractivity contribution in [3.05, 3.63) is 90.5 Å². The molecule has 0 spiro atoms. The van der Waals surface area contributed by atoms with E-state index < -0.39 is 0 Å². The molecule has 118 valence electrons. The van der Waals surface area contributed by atoms with Crippen LogP contribution in [0.25, 0.3) is 38.5 Å². The Morgan fingerprint density at radius 2 is 1.56 bits per heavy atom. The largest absolute Gasteiger partial charge is 0.355 e. The lowest BCUT2D eigenvalue weighted by molar-refractivity contribution is 1.04. The number of aromatic amines is 1. The molecule has 1 heteroatoms. The molecule has 0 bridgehead atoms. The minimum Gasteiger partial charge on any atom is -0.355 e. The first-order valence-electron chi connectivity index (χ1n) is 8.69. The molecule has 0 atom stereocenters. The molecule has 0 unspecified atom stereocenters. The highest BCUT2D eigenvalue weighted by atomic mass is 14.7. The van der Waals surface area contributed by atoms with Crippen LogP contribution >= 0.6 is 0 Å². The predicted molar refractivity (Wildman–Crippen MR) is 105 cm³/mol. The monoisotopic (exact) mass is 319 g/mol. The number of hydrogen-bond donors (Lipinski definition) is 1. The Bertz CT molecular complexity index is 1130. The number of H-pyrrole nitrogens is 1. The van der Waals surface area contributed by atoms with Gasteiger partial charge in [-0.2, -0.15) is 0 Å². The average Bonchev–Trinajstić information content (AvgIpc) is 3.06. The Kier molecular flexibility index (Phi) is 3.21. The van der Waals surface area contributed by atoms with Gasteiger partial charge >= 0.3 is 0 Å². The highest BCUT2D eigenvalue weighted by Crippen LogP contribution is 2.32. The van der Waals surface area contributed by atoms with E-state index in [1.165, 1.54) is 44.1 Å². The van der Waals surface area contributed by atoms with E-state index in [1.807, 2.05) is 12.1 Å². The average molecular weight is 319 g/mol. The van der Waals surface area contributed by atoms with Gasteiger partial charge in [-0.05, 0) is 77.6 Å². The van der Waals surface area contributed by atoms with Gasteiger partial charge in [-0.15, -0.1) is 0 Å². The number of benzene rings is 2. The van der Waals surface area contributed by atoms with E-state index in [0.29, 0.717) is 0 Å². The van der Waals surface area contributed by atoms with Crippen molar-refractivity contribution in [2.75, 3.05) is 0 Å². The molecule has 1 nitrogen and oxygen atoms in total. The summed E-state index contributed by atoms with van der Waals surface area (Å²) in [6.07, 6.45) is 9.10. The molecule has 4 aromatic rings. The molecule has 1 aliphatic carbocycles. The summed E-state index contributed by atoms with van der Waals surface area (Å²) in [5.74, 6) is 0. The van der Waals surface area contributed by atoms with Crippen molar-refractivity contribution in [1.82, 2.24) is 4.98 Å². The first-order valence-corrected chi connectivity index (χ1v) is 8.69. The molecule has 25 heavy (non-hydrogen) atoms. The SMILES string of the molecule is c1ccc(-c2ccc3[nH]c4ccc(C5=CCCC=C5)cc4c3c2)cc#1. The minimum atomic E-state index is 1.13. The third-order valence-corrected chi connectivity index (χ3v) is 4.92. The predicted octanol–water partition coefficient (Wildman–Crippen LogP) is 6.32. The standard InChI is InChI=1S/C24H17N/c1-3-7-17(8-4-1)19-11-13-23-21(15-19)22-16-20(12-14-24(22)25-23)18-9-5-2-6-10-18/h3,5,7-16,25H,1,4H2. The van der Waals surface area contributed by atoms with Crippen molar-refractivity contribution in [1.29, 1.82) is 0 Å². The summed E-state index contributed by atoms with van der Waals surface area (Å²) in [4.78, 5) is 3.54. The fraction of sp³-hybridized carbons (Fsp3) is 0.0833. The van der Waals surface area contributed by atoms with Gasteiger partial charge in [-0.1, -0.05) is 42.5 Å². The highest BCUT2D eigenvalue weighted by molar-refractivity contribution is 6.09. The van der Waals surface area contributed by atoms with Crippen molar-refractivity contribution in [3.8, 4) is 11.1 Å². The molecule has 0 saturated carbocycles. The van der Waals surface area contributed by atoms with Crippen molar-refractivity contribution in [3.63, 3.8) is 0 Å². The van der Waals surface area contributed by atoms with Crippen molar-refractivity contribution in [2.24, 2.45) is 0 Å². The minimum absolute atomic E-state index is 1.13. The number of allylic oxidation sites excluding steroid dienone is 4. The molecular formula is C24H17N. The van der Waals surface area contributed by atoms with E-state index in [1.54, 1.807) is 0 Å². The number of fused-ring (bicyclic) bond motifs is 3. The topological polar surface area (TPSA) is 15.8 Å². The molecule has 0 fully saturated rings. The van der Waals surface area contributed by atoms with E-state index in [4.69, 9.17) is 0 Å². The zero-order valence-corrected chi connectivity index (χ0v) is 13.8. The van der Waals surface area contributed by atoms with Gasteiger partial charge in [0, 0.05) is 21.8 Å². The van der Waals surface area contributed by atoms with Crippen LogP contribution in [-0.4, -0.2) is 4.98 Å². The molecule has 3 aromatic carbocycles. The smallest absolute Gasteiger partial charge is 0.0465 e. The second-order valence-electron chi connectivity index (χ2n) is 6.51.